The second-order valence-corrected chi connectivity index (χ2v) is 6.10. The van der Waals surface area contributed by atoms with Crippen molar-refractivity contribution in [1.29, 1.82) is 0 Å². The monoisotopic (exact) mass is 365 g/mol. The van der Waals surface area contributed by atoms with E-state index in [0.717, 1.165) is 12.8 Å². The number of benzene rings is 1. The van der Waals surface area contributed by atoms with Gasteiger partial charge in [0.05, 0.1) is 23.5 Å². The number of nitrogens with one attached hydrogen (secondary N) is 1. The van der Waals surface area contributed by atoms with Crippen LogP contribution in [0, 0.1) is 0 Å². The van der Waals surface area contributed by atoms with Gasteiger partial charge in [0, 0.05) is 0 Å². The normalized spacial score (nSPS) is 18.7. The summed E-state index contributed by atoms with van der Waals surface area (Å²) in [7, 11) is 0. The number of H-pyrrole nitrogens is 1. The minimum absolute atomic E-state index is 0.0598. The van der Waals surface area contributed by atoms with Gasteiger partial charge in [-0.15, -0.1) is 10.2 Å². The first kappa shape index (κ1) is 16.7. The standard InChI is InChI=1S/C16H14F3N5O2/c17-16(18,19)15-23-22-12(26-15)8-24-7-3-6-11(24)13-20-10-5-2-1-4-9(10)14(25)21-13/h1-2,4-5,11H,3,6-8H2,(H,20,21,25). The molecule has 26 heavy (non-hydrogen) atoms. The van der Waals surface area contributed by atoms with Gasteiger partial charge >= 0.3 is 12.1 Å². The van der Waals surface area contributed by atoms with Crippen LogP contribution < -0.4 is 5.56 Å². The molecule has 0 bridgehead atoms. The van der Waals surface area contributed by atoms with Gasteiger partial charge in [0.1, 0.15) is 5.82 Å². The molecule has 1 fully saturated rings. The lowest BCUT2D eigenvalue weighted by molar-refractivity contribution is -0.157. The Balaban J connectivity index is 1.61. The molecule has 4 rings (SSSR count). The highest BCUT2D eigenvalue weighted by Crippen LogP contribution is 2.32. The average molecular weight is 365 g/mol. The van der Waals surface area contributed by atoms with Crippen molar-refractivity contribution < 1.29 is 17.6 Å². The third-order valence-corrected chi connectivity index (χ3v) is 4.36. The first-order valence-corrected chi connectivity index (χ1v) is 8.04. The summed E-state index contributed by atoms with van der Waals surface area (Å²) in [6.07, 6.45) is -3.12. The molecule has 0 saturated carbocycles. The summed E-state index contributed by atoms with van der Waals surface area (Å²) in [5.41, 5.74) is 0.338. The summed E-state index contributed by atoms with van der Waals surface area (Å²) >= 11 is 0. The van der Waals surface area contributed by atoms with E-state index in [1.54, 1.807) is 24.3 Å². The molecular formula is C16H14F3N5O2. The highest BCUT2D eigenvalue weighted by atomic mass is 19.4. The smallest absolute Gasteiger partial charge is 0.416 e. The van der Waals surface area contributed by atoms with E-state index in [1.165, 1.54) is 0 Å². The SMILES string of the molecule is O=c1[nH]c(C2CCCN2Cc2nnc(C(F)(F)F)o2)nc2ccccc12. The summed E-state index contributed by atoms with van der Waals surface area (Å²) < 4.78 is 42.5. The van der Waals surface area contributed by atoms with Crippen molar-refractivity contribution in [3.63, 3.8) is 0 Å². The molecule has 136 valence electrons. The second-order valence-electron chi connectivity index (χ2n) is 6.10. The van der Waals surface area contributed by atoms with Crippen molar-refractivity contribution in [1.82, 2.24) is 25.1 Å². The van der Waals surface area contributed by atoms with E-state index in [4.69, 9.17) is 4.42 Å². The molecule has 1 aliphatic rings. The number of aromatic amines is 1. The summed E-state index contributed by atoms with van der Waals surface area (Å²) in [5, 5.41) is 7.00. The molecule has 0 aliphatic carbocycles. The van der Waals surface area contributed by atoms with Crippen molar-refractivity contribution in [2.24, 2.45) is 0 Å². The summed E-state index contributed by atoms with van der Waals surface area (Å²) in [5.74, 6) is -0.991. The zero-order valence-corrected chi connectivity index (χ0v) is 13.5. The minimum atomic E-state index is -4.67. The highest BCUT2D eigenvalue weighted by Gasteiger charge is 2.38. The van der Waals surface area contributed by atoms with Crippen LogP contribution in [0.1, 0.15) is 36.5 Å². The van der Waals surface area contributed by atoms with Crippen molar-refractivity contribution in [3.05, 3.63) is 52.2 Å². The Bertz CT molecular complexity index is 997. The molecular weight excluding hydrogens is 351 g/mol. The predicted molar refractivity (Wildman–Crippen MR) is 84.0 cm³/mol. The Kier molecular flexibility index (Phi) is 3.98. The minimum Gasteiger partial charge on any atom is -0.416 e. The number of likely N-dealkylation sites (tertiary alicyclic amines) is 1. The summed E-state index contributed by atoms with van der Waals surface area (Å²) in [6.45, 7) is 0.690. The number of fused-ring (bicyclic) bond motifs is 1. The van der Waals surface area contributed by atoms with Crippen LogP contribution in [0.25, 0.3) is 10.9 Å². The van der Waals surface area contributed by atoms with Gasteiger partial charge in [-0.1, -0.05) is 12.1 Å². The van der Waals surface area contributed by atoms with Crippen molar-refractivity contribution >= 4 is 10.9 Å². The Hall–Kier alpha value is -2.75. The largest absolute Gasteiger partial charge is 0.470 e. The van der Waals surface area contributed by atoms with E-state index >= 15 is 0 Å². The van der Waals surface area contributed by atoms with Crippen molar-refractivity contribution in [2.75, 3.05) is 6.54 Å². The average Bonchev–Trinajstić information content (AvgIpc) is 3.24. The first-order chi connectivity index (χ1) is 12.4. The second kappa shape index (κ2) is 6.20. The van der Waals surface area contributed by atoms with Crippen LogP contribution in [0.3, 0.4) is 0 Å². The molecule has 1 N–H and O–H groups in total. The van der Waals surface area contributed by atoms with Gasteiger partial charge in [-0.2, -0.15) is 13.2 Å². The molecule has 1 aromatic carbocycles. The van der Waals surface area contributed by atoms with Crippen LogP contribution in [-0.2, 0) is 12.7 Å². The Morgan fingerprint density at radius 1 is 1.27 bits per heavy atom. The number of alkyl halides is 3. The molecule has 1 unspecified atom stereocenters. The number of aromatic nitrogens is 4. The topological polar surface area (TPSA) is 87.9 Å². The Morgan fingerprint density at radius 3 is 2.85 bits per heavy atom. The molecule has 1 aliphatic heterocycles. The molecule has 1 saturated heterocycles. The maximum absolute atomic E-state index is 12.6. The van der Waals surface area contributed by atoms with Crippen molar-refractivity contribution in [3.8, 4) is 0 Å². The lowest BCUT2D eigenvalue weighted by atomic mass is 10.2. The fourth-order valence-electron chi connectivity index (χ4n) is 3.19. The lowest BCUT2D eigenvalue weighted by Crippen LogP contribution is -2.26. The maximum Gasteiger partial charge on any atom is 0.470 e. The van der Waals surface area contributed by atoms with Gasteiger partial charge < -0.3 is 9.40 Å². The molecule has 0 amide bonds. The van der Waals surface area contributed by atoms with Gasteiger partial charge in [0.15, 0.2) is 0 Å². The molecule has 7 nitrogen and oxygen atoms in total. The summed E-state index contributed by atoms with van der Waals surface area (Å²) in [4.78, 5) is 21.4. The van der Waals surface area contributed by atoms with Crippen LogP contribution >= 0.6 is 0 Å². The molecule has 3 heterocycles. The van der Waals surface area contributed by atoms with E-state index < -0.39 is 12.1 Å². The third-order valence-electron chi connectivity index (χ3n) is 4.36. The van der Waals surface area contributed by atoms with Crippen LogP contribution in [-0.4, -0.2) is 31.6 Å². The van der Waals surface area contributed by atoms with Gasteiger partial charge in [-0.05, 0) is 31.5 Å². The van der Waals surface area contributed by atoms with Gasteiger partial charge in [0.25, 0.3) is 5.56 Å². The van der Waals surface area contributed by atoms with E-state index in [9.17, 15) is 18.0 Å². The van der Waals surface area contributed by atoms with E-state index in [2.05, 4.69) is 20.2 Å². The predicted octanol–water partition coefficient (Wildman–Crippen LogP) is 2.66. The van der Waals surface area contributed by atoms with Crippen LogP contribution in [0.5, 0.6) is 0 Å². The molecule has 2 aromatic heterocycles. The van der Waals surface area contributed by atoms with Crippen LogP contribution in [0.4, 0.5) is 13.2 Å². The van der Waals surface area contributed by atoms with Gasteiger partial charge in [0.2, 0.25) is 5.89 Å². The number of nitrogens with zero attached hydrogens (tertiary/aromatic N) is 4. The number of halogens is 3. The maximum atomic E-state index is 12.6. The summed E-state index contributed by atoms with van der Waals surface area (Å²) in [6, 6.07) is 6.76. The lowest BCUT2D eigenvalue weighted by Gasteiger charge is -2.22. The fourth-order valence-corrected chi connectivity index (χ4v) is 3.19. The third kappa shape index (κ3) is 3.07. The quantitative estimate of drug-likeness (QED) is 0.768. The van der Waals surface area contributed by atoms with E-state index in [1.807, 2.05) is 4.90 Å². The zero-order valence-electron chi connectivity index (χ0n) is 13.5. The van der Waals surface area contributed by atoms with Crippen LogP contribution in [0.15, 0.2) is 33.5 Å². The first-order valence-electron chi connectivity index (χ1n) is 8.04. The van der Waals surface area contributed by atoms with E-state index in [0.29, 0.717) is 23.3 Å². The molecule has 0 spiro atoms. The van der Waals surface area contributed by atoms with Crippen LogP contribution in [0.2, 0.25) is 0 Å². The Labute approximate surface area is 144 Å². The van der Waals surface area contributed by atoms with Crippen molar-refractivity contribution in [2.45, 2.75) is 31.6 Å². The highest BCUT2D eigenvalue weighted by molar-refractivity contribution is 5.77. The van der Waals surface area contributed by atoms with E-state index in [-0.39, 0.29) is 24.0 Å². The van der Waals surface area contributed by atoms with Gasteiger partial charge in [-0.3, -0.25) is 9.69 Å². The Morgan fingerprint density at radius 2 is 2.08 bits per heavy atom. The number of para-hydroxylation sites is 1. The molecule has 10 heteroatoms. The number of hydrogen-bond donors (Lipinski definition) is 1. The number of hydrogen-bond acceptors (Lipinski definition) is 6. The molecule has 0 radical (unpaired) electrons. The molecule has 1 atom stereocenters. The number of rotatable bonds is 3. The van der Waals surface area contributed by atoms with Gasteiger partial charge in [-0.25, -0.2) is 4.98 Å². The fraction of sp³-hybridized carbons (Fsp3) is 0.375. The molecule has 3 aromatic rings. The zero-order chi connectivity index (χ0) is 18.3.